The van der Waals surface area contributed by atoms with Crippen LogP contribution in [0.3, 0.4) is 0 Å². The van der Waals surface area contributed by atoms with E-state index in [1.807, 2.05) is 0 Å². The Morgan fingerprint density at radius 3 is 2.25 bits per heavy atom. The fraction of sp³-hybridized carbons (Fsp3) is 0.533. The fourth-order valence-corrected chi connectivity index (χ4v) is 2.88. The van der Waals surface area contributed by atoms with Crippen molar-refractivity contribution in [3.8, 4) is 0 Å². The van der Waals surface area contributed by atoms with Crippen LogP contribution in [0.5, 0.6) is 0 Å². The molecule has 1 nitrogen and oxygen atoms in total. The van der Waals surface area contributed by atoms with Crippen LogP contribution in [0, 0.1) is 19.3 Å². The first-order valence-corrected chi connectivity index (χ1v) is 5.94. The quantitative estimate of drug-likeness (QED) is 0.648. The summed E-state index contributed by atoms with van der Waals surface area (Å²) in [6, 6.07) is 4.28. The highest BCUT2D eigenvalue weighted by Gasteiger charge is 2.40. The predicted octanol–water partition coefficient (Wildman–Crippen LogP) is 3.56. The van der Waals surface area contributed by atoms with Crippen molar-refractivity contribution in [3.63, 3.8) is 0 Å². The number of benzene rings is 1. The van der Waals surface area contributed by atoms with Gasteiger partial charge in [-0.2, -0.15) is 0 Å². The molecule has 1 atom stereocenters. The topological polar surface area (TPSA) is 17.1 Å². The zero-order chi connectivity index (χ0) is 12.1. The lowest BCUT2D eigenvalue weighted by Gasteiger charge is -2.27. The molecule has 16 heavy (non-hydrogen) atoms. The number of hydrogen-bond donors (Lipinski definition) is 0. The van der Waals surface area contributed by atoms with Gasteiger partial charge in [0.05, 0.1) is 0 Å². The monoisotopic (exact) mass is 216 g/mol. The van der Waals surface area contributed by atoms with E-state index in [2.05, 4.69) is 46.8 Å². The molecular weight excluding hydrogens is 196 g/mol. The first-order valence-electron chi connectivity index (χ1n) is 5.94. The number of carbonyl (C=O) groups is 1. The van der Waals surface area contributed by atoms with Gasteiger partial charge < -0.3 is 0 Å². The van der Waals surface area contributed by atoms with E-state index in [9.17, 15) is 4.79 Å². The molecule has 1 aliphatic rings. The van der Waals surface area contributed by atoms with Gasteiger partial charge in [0.1, 0.15) is 5.78 Å². The predicted molar refractivity (Wildman–Crippen MR) is 66.8 cm³/mol. The maximum atomic E-state index is 12.2. The summed E-state index contributed by atoms with van der Waals surface area (Å²) in [5.41, 5.74) is 5.15. The van der Waals surface area contributed by atoms with Gasteiger partial charge in [-0.15, -0.1) is 0 Å². The van der Waals surface area contributed by atoms with Gasteiger partial charge in [0.15, 0.2) is 0 Å². The molecule has 0 heterocycles. The molecular formula is C15H20O. The summed E-state index contributed by atoms with van der Waals surface area (Å²) in [4.78, 5) is 12.2. The van der Waals surface area contributed by atoms with Crippen molar-refractivity contribution in [2.24, 2.45) is 5.41 Å². The summed E-state index contributed by atoms with van der Waals surface area (Å²) in [6.07, 6.45) is 0.630. The van der Waals surface area contributed by atoms with Crippen LogP contribution in [0.15, 0.2) is 12.1 Å². The van der Waals surface area contributed by atoms with Crippen molar-refractivity contribution >= 4 is 5.78 Å². The van der Waals surface area contributed by atoms with Crippen molar-refractivity contribution < 1.29 is 4.79 Å². The number of hydrogen-bond acceptors (Lipinski definition) is 1. The molecule has 0 amide bonds. The molecule has 1 aromatic rings. The fourth-order valence-electron chi connectivity index (χ4n) is 2.88. The lowest BCUT2D eigenvalue weighted by Crippen LogP contribution is -2.23. The molecule has 0 radical (unpaired) electrons. The van der Waals surface area contributed by atoms with Gasteiger partial charge in [-0.3, -0.25) is 4.79 Å². The Morgan fingerprint density at radius 1 is 1.12 bits per heavy atom. The van der Waals surface area contributed by atoms with Crippen LogP contribution in [0.4, 0.5) is 0 Å². The third-order valence-electron chi connectivity index (χ3n) is 3.64. The molecule has 0 saturated carbocycles. The second kappa shape index (κ2) is 3.44. The zero-order valence-corrected chi connectivity index (χ0v) is 10.8. The van der Waals surface area contributed by atoms with Crippen molar-refractivity contribution in [1.29, 1.82) is 0 Å². The summed E-state index contributed by atoms with van der Waals surface area (Å²) in [7, 11) is 0. The first kappa shape index (κ1) is 11.4. The van der Waals surface area contributed by atoms with Crippen LogP contribution in [0.1, 0.15) is 48.9 Å². The molecule has 1 heteroatoms. The average molecular weight is 216 g/mol. The summed E-state index contributed by atoms with van der Waals surface area (Å²) in [6.45, 7) is 10.7. The Bertz CT molecular complexity index is 449. The third-order valence-corrected chi connectivity index (χ3v) is 3.64. The van der Waals surface area contributed by atoms with Crippen molar-refractivity contribution in [1.82, 2.24) is 0 Å². The van der Waals surface area contributed by atoms with E-state index in [-0.39, 0.29) is 11.3 Å². The van der Waals surface area contributed by atoms with Crippen molar-refractivity contribution in [3.05, 3.63) is 34.4 Å². The molecule has 0 aromatic heterocycles. The van der Waals surface area contributed by atoms with E-state index in [4.69, 9.17) is 0 Å². The number of ketones is 1. The molecule has 0 saturated heterocycles. The maximum Gasteiger partial charge on any atom is 0.145 e. The average Bonchev–Trinajstić information content (AvgIpc) is 2.49. The summed E-state index contributed by atoms with van der Waals surface area (Å²) in [5.74, 6) is 0.474. The van der Waals surface area contributed by atoms with Gasteiger partial charge in [-0.05, 0) is 41.5 Å². The molecule has 0 bridgehead atoms. The van der Waals surface area contributed by atoms with E-state index >= 15 is 0 Å². The number of aryl methyl sites for hydroxylation is 2. The largest absolute Gasteiger partial charge is 0.299 e. The highest BCUT2D eigenvalue weighted by atomic mass is 16.1. The van der Waals surface area contributed by atoms with Crippen LogP contribution in [-0.4, -0.2) is 5.78 Å². The van der Waals surface area contributed by atoms with Gasteiger partial charge in [0, 0.05) is 12.3 Å². The van der Waals surface area contributed by atoms with E-state index < -0.39 is 0 Å². The SMILES string of the molecule is Cc1ccc(C)c2c1CC(=O)C2C(C)(C)C. The number of fused-ring (bicyclic) bond motifs is 1. The molecule has 0 aliphatic heterocycles. The molecule has 86 valence electrons. The molecule has 1 aromatic carbocycles. The lowest BCUT2D eigenvalue weighted by atomic mass is 9.75. The van der Waals surface area contributed by atoms with Crippen LogP contribution >= 0.6 is 0 Å². The van der Waals surface area contributed by atoms with Crippen molar-refractivity contribution in [2.75, 3.05) is 0 Å². The van der Waals surface area contributed by atoms with E-state index in [0.29, 0.717) is 12.2 Å². The lowest BCUT2D eigenvalue weighted by molar-refractivity contribution is -0.121. The molecule has 2 rings (SSSR count). The minimum Gasteiger partial charge on any atom is -0.299 e. The summed E-state index contributed by atoms with van der Waals surface area (Å²) >= 11 is 0. The Balaban J connectivity index is 2.65. The number of carbonyl (C=O) groups excluding carboxylic acids is 1. The van der Waals surface area contributed by atoms with Crippen molar-refractivity contribution in [2.45, 2.75) is 47.0 Å². The second-order valence-corrected chi connectivity index (χ2v) is 6.03. The van der Waals surface area contributed by atoms with E-state index in [1.54, 1.807) is 0 Å². The van der Waals surface area contributed by atoms with Gasteiger partial charge >= 0.3 is 0 Å². The number of Topliss-reactive ketones (excluding diaryl/α,β-unsaturated/α-hetero) is 1. The third kappa shape index (κ3) is 1.59. The van der Waals surface area contributed by atoms with Crippen LogP contribution in [-0.2, 0) is 11.2 Å². The van der Waals surface area contributed by atoms with Gasteiger partial charge in [-0.25, -0.2) is 0 Å². The minimum atomic E-state index is 0.0287. The number of rotatable bonds is 0. The second-order valence-electron chi connectivity index (χ2n) is 6.03. The van der Waals surface area contributed by atoms with Gasteiger partial charge in [-0.1, -0.05) is 32.9 Å². The Labute approximate surface area is 97.9 Å². The Morgan fingerprint density at radius 2 is 1.69 bits per heavy atom. The van der Waals surface area contributed by atoms with Gasteiger partial charge in [0.25, 0.3) is 0 Å². The highest BCUT2D eigenvalue weighted by molar-refractivity contribution is 5.94. The standard InChI is InChI=1S/C15H20O/c1-9-6-7-10(2)13-11(9)8-12(16)14(13)15(3,4)5/h6-7,14H,8H2,1-5H3. The molecule has 1 unspecified atom stereocenters. The first-order chi connectivity index (χ1) is 7.32. The summed E-state index contributed by atoms with van der Waals surface area (Å²) in [5, 5.41) is 0. The molecule has 1 aliphatic carbocycles. The van der Waals surface area contributed by atoms with Gasteiger partial charge in [0.2, 0.25) is 0 Å². The highest BCUT2D eigenvalue weighted by Crippen LogP contribution is 2.44. The Hall–Kier alpha value is -1.11. The van der Waals surface area contributed by atoms with Crippen LogP contribution in [0.2, 0.25) is 0 Å². The van der Waals surface area contributed by atoms with Crippen LogP contribution in [0.25, 0.3) is 0 Å². The minimum absolute atomic E-state index is 0.0287. The zero-order valence-electron chi connectivity index (χ0n) is 10.8. The van der Waals surface area contributed by atoms with Crippen LogP contribution < -0.4 is 0 Å². The molecule has 0 fully saturated rings. The molecule has 0 spiro atoms. The smallest absolute Gasteiger partial charge is 0.145 e. The normalized spacial score (nSPS) is 20.1. The van der Waals surface area contributed by atoms with E-state index in [1.165, 1.54) is 22.3 Å². The van der Waals surface area contributed by atoms with E-state index in [0.717, 1.165) is 0 Å². The Kier molecular flexibility index (Phi) is 2.45. The maximum absolute atomic E-state index is 12.2. The summed E-state index contributed by atoms with van der Waals surface area (Å²) < 4.78 is 0. The molecule has 0 N–H and O–H groups in total.